The number of aromatic nitrogens is 2. The molecule has 0 amide bonds. The molecule has 0 aliphatic carbocycles. The van der Waals surface area contributed by atoms with Crippen molar-refractivity contribution >= 4 is 5.95 Å². The molecular weight excluding hydrogens is 296 g/mol. The molecule has 0 bridgehead atoms. The lowest BCUT2D eigenvalue weighted by molar-refractivity contribution is 0.174. The number of hydrogen-bond acceptors (Lipinski definition) is 6. The highest BCUT2D eigenvalue weighted by Crippen LogP contribution is 2.36. The van der Waals surface area contributed by atoms with E-state index in [0.717, 1.165) is 25.9 Å². The summed E-state index contributed by atoms with van der Waals surface area (Å²) in [4.78, 5) is 21.5. The zero-order valence-electron chi connectivity index (χ0n) is 12.3. The number of rotatable bonds is 2. The van der Waals surface area contributed by atoms with Crippen LogP contribution in [0.3, 0.4) is 0 Å². The van der Waals surface area contributed by atoms with E-state index < -0.39 is 5.56 Å². The minimum Gasteiger partial charge on any atom is -0.454 e. The van der Waals surface area contributed by atoms with Crippen molar-refractivity contribution in [1.82, 2.24) is 9.97 Å². The van der Waals surface area contributed by atoms with E-state index in [1.165, 1.54) is 0 Å². The number of hydrogen-bond donors (Lipinski definition) is 1. The molecular formula is C16H14N4O3. The lowest BCUT2D eigenvalue weighted by atomic mass is 10.1. The molecule has 0 saturated carbocycles. The summed E-state index contributed by atoms with van der Waals surface area (Å²) in [5.41, 5.74) is 0.623. The Morgan fingerprint density at radius 2 is 2.00 bits per heavy atom. The number of anilines is 1. The second kappa shape index (κ2) is 5.32. The van der Waals surface area contributed by atoms with Crippen LogP contribution in [0.25, 0.3) is 11.3 Å². The van der Waals surface area contributed by atoms with Crippen molar-refractivity contribution in [2.75, 3.05) is 24.8 Å². The molecule has 2 aliphatic rings. The van der Waals surface area contributed by atoms with Crippen LogP contribution >= 0.6 is 0 Å². The van der Waals surface area contributed by atoms with E-state index in [0.29, 0.717) is 28.7 Å². The number of nitrogens with one attached hydrogen (secondary N) is 1. The molecule has 1 saturated heterocycles. The van der Waals surface area contributed by atoms with Crippen LogP contribution in [-0.2, 0) is 0 Å². The van der Waals surface area contributed by atoms with Crippen LogP contribution in [0, 0.1) is 11.3 Å². The van der Waals surface area contributed by atoms with Crippen molar-refractivity contribution in [3.05, 3.63) is 34.1 Å². The number of nitriles is 1. The van der Waals surface area contributed by atoms with Gasteiger partial charge in [0, 0.05) is 18.7 Å². The largest absolute Gasteiger partial charge is 0.454 e. The van der Waals surface area contributed by atoms with E-state index in [-0.39, 0.29) is 12.4 Å². The van der Waals surface area contributed by atoms with Crippen LogP contribution in [0.5, 0.6) is 11.5 Å². The molecule has 2 aromatic rings. The maximum Gasteiger partial charge on any atom is 0.270 e. The summed E-state index contributed by atoms with van der Waals surface area (Å²) in [5, 5.41) is 9.33. The van der Waals surface area contributed by atoms with Crippen LogP contribution in [0.15, 0.2) is 23.0 Å². The smallest absolute Gasteiger partial charge is 0.270 e. The number of ether oxygens (including phenoxy) is 2. The number of H-pyrrole nitrogens is 1. The molecule has 4 rings (SSSR count). The SMILES string of the molecule is N#Cc1c(-c2ccc3c(c2)OCO3)nc(N2CCCC2)[nH]c1=O. The van der Waals surface area contributed by atoms with Gasteiger partial charge in [0.15, 0.2) is 11.5 Å². The van der Waals surface area contributed by atoms with E-state index in [4.69, 9.17) is 9.47 Å². The third-order valence-corrected chi connectivity index (χ3v) is 4.07. The average Bonchev–Trinajstić information content (AvgIpc) is 3.24. The van der Waals surface area contributed by atoms with Crippen LogP contribution in [0.1, 0.15) is 18.4 Å². The molecule has 1 aromatic carbocycles. The Kier molecular flexibility index (Phi) is 3.15. The van der Waals surface area contributed by atoms with Crippen LogP contribution < -0.4 is 19.9 Å². The van der Waals surface area contributed by atoms with Gasteiger partial charge in [0.05, 0.1) is 5.69 Å². The van der Waals surface area contributed by atoms with Crippen molar-refractivity contribution in [2.24, 2.45) is 0 Å². The van der Waals surface area contributed by atoms with Gasteiger partial charge in [0.1, 0.15) is 11.6 Å². The van der Waals surface area contributed by atoms with E-state index in [1.54, 1.807) is 18.2 Å². The highest BCUT2D eigenvalue weighted by molar-refractivity contribution is 5.70. The molecule has 2 aliphatic heterocycles. The second-order valence-corrected chi connectivity index (χ2v) is 5.49. The lowest BCUT2D eigenvalue weighted by Gasteiger charge is -2.17. The maximum absolute atomic E-state index is 12.3. The van der Waals surface area contributed by atoms with Gasteiger partial charge in [-0.2, -0.15) is 5.26 Å². The van der Waals surface area contributed by atoms with Crippen LogP contribution in [-0.4, -0.2) is 29.9 Å². The van der Waals surface area contributed by atoms with Crippen molar-refractivity contribution in [2.45, 2.75) is 12.8 Å². The van der Waals surface area contributed by atoms with E-state index in [1.807, 2.05) is 11.0 Å². The molecule has 7 nitrogen and oxygen atoms in total. The first kappa shape index (κ1) is 13.6. The predicted octanol–water partition coefficient (Wildman–Crippen LogP) is 1.64. The van der Waals surface area contributed by atoms with Crippen molar-refractivity contribution < 1.29 is 9.47 Å². The van der Waals surface area contributed by atoms with Gasteiger partial charge in [-0.05, 0) is 31.0 Å². The molecule has 0 unspecified atom stereocenters. The maximum atomic E-state index is 12.3. The van der Waals surface area contributed by atoms with Gasteiger partial charge in [0.2, 0.25) is 12.7 Å². The summed E-state index contributed by atoms with van der Waals surface area (Å²) in [6.07, 6.45) is 2.14. The first-order chi connectivity index (χ1) is 11.3. The van der Waals surface area contributed by atoms with E-state index >= 15 is 0 Å². The van der Waals surface area contributed by atoms with Crippen molar-refractivity contribution in [1.29, 1.82) is 5.26 Å². The van der Waals surface area contributed by atoms with Crippen LogP contribution in [0.2, 0.25) is 0 Å². The van der Waals surface area contributed by atoms with Crippen molar-refractivity contribution in [3.63, 3.8) is 0 Å². The molecule has 23 heavy (non-hydrogen) atoms. The quantitative estimate of drug-likeness (QED) is 0.906. The average molecular weight is 310 g/mol. The number of benzene rings is 1. The highest BCUT2D eigenvalue weighted by atomic mass is 16.7. The Labute approximate surface area is 132 Å². The summed E-state index contributed by atoms with van der Waals surface area (Å²) in [5.74, 6) is 1.76. The standard InChI is InChI=1S/C16H14N4O3/c17-8-11-14(10-3-4-12-13(7-10)23-9-22-12)18-16(19-15(11)21)20-5-1-2-6-20/h3-4,7H,1-2,5-6,9H2,(H,18,19,21). The van der Waals surface area contributed by atoms with Gasteiger partial charge in [-0.15, -0.1) is 0 Å². The molecule has 0 spiro atoms. The van der Waals surface area contributed by atoms with E-state index in [9.17, 15) is 10.1 Å². The molecule has 0 radical (unpaired) electrons. The predicted molar refractivity (Wildman–Crippen MR) is 82.6 cm³/mol. The monoisotopic (exact) mass is 310 g/mol. The van der Waals surface area contributed by atoms with Gasteiger partial charge in [-0.1, -0.05) is 0 Å². The topological polar surface area (TPSA) is 91.2 Å². The summed E-state index contributed by atoms with van der Waals surface area (Å²) in [6.45, 7) is 1.89. The van der Waals surface area contributed by atoms with E-state index in [2.05, 4.69) is 9.97 Å². The minimum atomic E-state index is -0.419. The van der Waals surface area contributed by atoms with Gasteiger partial charge >= 0.3 is 0 Å². The molecule has 0 atom stereocenters. The molecule has 1 fully saturated rings. The Hall–Kier alpha value is -3.01. The first-order valence-corrected chi connectivity index (χ1v) is 7.45. The summed E-state index contributed by atoms with van der Waals surface area (Å²) >= 11 is 0. The Bertz CT molecular complexity index is 863. The number of aromatic amines is 1. The molecule has 116 valence electrons. The third-order valence-electron chi connectivity index (χ3n) is 4.07. The number of nitrogens with zero attached hydrogens (tertiary/aromatic N) is 3. The Morgan fingerprint density at radius 1 is 1.22 bits per heavy atom. The van der Waals surface area contributed by atoms with Gasteiger partial charge in [0.25, 0.3) is 5.56 Å². The summed E-state index contributed by atoms with van der Waals surface area (Å²) in [6, 6.07) is 7.24. The van der Waals surface area contributed by atoms with Gasteiger partial charge in [-0.3, -0.25) is 9.78 Å². The zero-order valence-corrected chi connectivity index (χ0v) is 12.3. The summed E-state index contributed by atoms with van der Waals surface area (Å²) in [7, 11) is 0. The van der Waals surface area contributed by atoms with Crippen LogP contribution in [0.4, 0.5) is 5.95 Å². The highest BCUT2D eigenvalue weighted by Gasteiger charge is 2.21. The normalized spacial score (nSPS) is 15.7. The fourth-order valence-electron chi connectivity index (χ4n) is 2.90. The molecule has 1 aromatic heterocycles. The molecule has 1 N–H and O–H groups in total. The van der Waals surface area contributed by atoms with Crippen molar-refractivity contribution in [3.8, 4) is 28.8 Å². The van der Waals surface area contributed by atoms with Gasteiger partial charge in [-0.25, -0.2) is 4.98 Å². The fourth-order valence-corrected chi connectivity index (χ4v) is 2.90. The fraction of sp³-hybridized carbons (Fsp3) is 0.312. The lowest BCUT2D eigenvalue weighted by Crippen LogP contribution is -2.25. The number of fused-ring (bicyclic) bond motifs is 1. The second-order valence-electron chi connectivity index (χ2n) is 5.49. The molecule has 3 heterocycles. The first-order valence-electron chi connectivity index (χ1n) is 7.45. The Balaban J connectivity index is 1.86. The third kappa shape index (κ3) is 2.28. The minimum absolute atomic E-state index is 0.00631. The molecule has 7 heteroatoms. The Morgan fingerprint density at radius 3 is 2.78 bits per heavy atom. The zero-order chi connectivity index (χ0) is 15.8. The van der Waals surface area contributed by atoms with Gasteiger partial charge < -0.3 is 14.4 Å². The summed E-state index contributed by atoms with van der Waals surface area (Å²) < 4.78 is 10.7.